The number of hydrogen-bond donors (Lipinski definition) is 0. The number of rotatable bonds is 59. The molecule has 0 fully saturated rings. The molecule has 0 aromatic heterocycles. The third kappa shape index (κ3) is 66.0. The van der Waals surface area contributed by atoms with Gasteiger partial charge >= 0.3 is 17.9 Å². The minimum atomic E-state index is -0.804. The molecule has 0 aromatic carbocycles. The summed E-state index contributed by atoms with van der Waals surface area (Å²) in [4.78, 5) is 38.4. The van der Waals surface area contributed by atoms with Crippen LogP contribution in [-0.2, 0) is 28.6 Å². The Bertz CT molecular complexity index is 1760. The maximum atomic E-state index is 12.9. The number of hydrogen-bond acceptors (Lipinski definition) is 6. The molecule has 0 aromatic rings. The smallest absolute Gasteiger partial charge is 0.306 e. The van der Waals surface area contributed by atoms with E-state index in [1.54, 1.807) is 0 Å². The molecule has 0 aliphatic carbocycles. The highest BCUT2D eigenvalue weighted by molar-refractivity contribution is 5.71. The number of ether oxygens (including phenoxy) is 3. The molecule has 0 aliphatic rings. The van der Waals surface area contributed by atoms with Crippen molar-refractivity contribution in [2.45, 2.75) is 297 Å². The molecule has 0 saturated heterocycles. The number of esters is 3. The number of unbranched alkanes of at least 4 members (excludes halogenated alkanes) is 24. The molecule has 0 aliphatic heterocycles. The van der Waals surface area contributed by atoms with Crippen molar-refractivity contribution in [2.24, 2.45) is 0 Å². The lowest BCUT2D eigenvalue weighted by molar-refractivity contribution is -0.167. The van der Waals surface area contributed by atoms with Crippen molar-refractivity contribution in [3.63, 3.8) is 0 Å². The van der Waals surface area contributed by atoms with Gasteiger partial charge in [-0.15, -0.1) is 0 Å². The van der Waals surface area contributed by atoms with Gasteiger partial charge in [-0.25, -0.2) is 0 Å². The summed E-state index contributed by atoms with van der Waals surface area (Å²) in [7, 11) is 0. The standard InChI is InChI=1S/C75H122O6/c1-4-7-10-13-16-19-22-25-28-31-33-34-35-36-37-38-39-40-42-44-47-50-53-56-59-62-65-68-74(77)80-71-72(70-79-73(76)67-64-61-58-55-52-49-46-43-30-27-24-21-18-15-12-9-6-3)81-75(78)69-66-63-60-57-54-51-48-45-41-32-29-26-23-20-17-14-11-8-5-2/h7-12,16-21,25-30,33-34,41,45-46,49,72H,4-6,13-15,22-24,31-32,35-40,42-44,47-48,50-71H2,1-3H3/b10-7-,11-8-,12-9-,19-16-,20-17-,21-18-,28-25-,29-26-,30-27-,34-33-,45-41-,49-46-. The normalized spacial score (nSPS) is 13.1. The van der Waals surface area contributed by atoms with Crippen LogP contribution in [0.1, 0.15) is 290 Å². The quantitative estimate of drug-likeness (QED) is 0.0261. The Kier molecular flexibility index (Phi) is 63.9. The lowest BCUT2D eigenvalue weighted by Gasteiger charge is -2.18. The summed E-state index contributed by atoms with van der Waals surface area (Å²) in [5.74, 6) is -0.932. The van der Waals surface area contributed by atoms with Crippen molar-refractivity contribution in [3.05, 3.63) is 146 Å². The molecule has 0 saturated carbocycles. The Labute approximate surface area is 499 Å². The molecule has 1 atom stereocenters. The van der Waals surface area contributed by atoms with Crippen LogP contribution >= 0.6 is 0 Å². The Hall–Kier alpha value is -4.71. The molecule has 0 amide bonds. The first kappa shape index (κ1) is 76.3. The zero-order valence-corrected chi connectivity index (χ0v) is 52.5. The maximum absolute atomic E-state index is 12.9. The second kappa shape index (κ2) is 67.8. The average Bonchev–Trinajstić information content (AvgIpc) is 3.47. The SMILES string of the molecule is CC/C=C\C/C=C\C/C=C\C/C=C\CCCCCCCCCCCCCCCCC(=O)OCC(COC(=O)CCCCCC/C=C\C/C=C\C/C=C\C/C=C\CC)OC(=O)CCCCCCCC/C=C\C/C=C\C/C=C\C/C=C\CC. The summed E-state index contributed by atoms with van der Waals surface area (Å²) in [5.41, 5.74) is 0. The van der Waals surface area contributed by atoms with Gasteiger partial charge in [0.25, 0.3) is 0 Å². The zero-order valence-electron chi connectivity index (χ0n) is 52.5. The topological polar surface area (TPSA) is 78.9 Å². The van der Waals surface area contributed by atoms with Crippen LogP contribution in [0.15, 0.2) is 146 Å². The van der Waals surface area contributed by atoms with Gasteiger partial charge in [-0.2, -0.15) is 0 Å². The molecule has 0 N–H and O–H groups in total. The molecule has 0 rings (SSSR count). The lowest BCUT2D eigenvalue weighted by Crippen LogP contribution is -2.30. The predicted octanol–water partition coefficient (Wildman–Crippen LogP) is 23.1. The minimum Gasteiger partial charge on any atom is -0.462 e. The van der Waals surface area contributed by atoms with Crippen LogP contribution in [0.25, 0.3) is 0 Å². The van der Waals surface area contributed by atoms with Gasteiger partial charge in [0.15, 0.2) is 6.10 Å². The summed E-state index contributed by atoms with van der Waals surface area (Å²) in [5, 5.41) is 0. The van der Waals surface area contributed by atoms with Gasteiger partial charge in [0, 0.05) is 19.3 Å². The van der Waals surface area contributed by atoms with Gasteiger partial charge in [-0.3, -0.25) is 14.4 Å². The molecule has 6 nitrogen and oxygen atoms in total. The molecule has 0 radical (unpaired) electrons. The van der Waals surface area contributed by atoms with Crippen molar-refractivity contribution in [1.29, 1.82) is 0 Å². The number of carbonyl (C=O) groups excluding carboxylic acids is 3. The molecule has 6 heteroatoms. The van der Waals surface area contributed by atoms with E-state index in [-0.39, 0.29) is 31.1 Å². The van der Waals surface area contributed by atoms with Gasteiger partial charge in [0.2, 0.25) is 0 Å². The second-order valence-corrected chi connectivity index (χ2v) is 21.6. The summed E-state index contributed by atoms with van der Waals surface area (Å²) in [6.45, 7) is 6.28. The molecule has 458 valence electrons. The van der Waals surface area contributed by atoms with Crippen LogP contribution in [0.2, 0.25) is 0 Å². The molecular weight excluding hydrogens is 997 g/mol. The van der Waals surface area contributed by atoms with E-state index in [1.807, 2.05) is 0 Å². The van der Waals surface area contributed by atoms with Crippen LogP contribution < -0.4 is 0 Å². The Balaban J connectivity index is 4.39. The van der Waals surface area contributed by atoms with E-state index >= 15 is 0 Å². The van der Waals surface area contributed by atoms with Crippen molar-refractivity contribution in [2.75, 3.05) is 13.2 Å². The van der Waals surface area contributed by atoms with E-state index in [4.69, 9.17) is 14.2 Å². The first-order chi connectivity index (χ1) is 40.0. The Morgan fingerprint density at radius 2 is 0.444 bits per heavy atom. The molecule has 81 heavy (non-hydrogen) atoms. The molecule has 0 bridgehead atoms. The van der Waals surface area contributed by atoms with Crippen LogP contribution in [0.4, 0.5) is 0 Å². The molecule has 0 heterocycles. The first-order valence-corrected chi connectivity index (χ1v) is 33.3. The molecule has 0 spiro atoms. The Morgan fingerprint density at radius 1 is 0.247 bits per heavy atom. The monoisotopic (exact) mass is 1120 g/mol. The van der Waals surface area contributed by atoms with Crippen LogP contribution in [0.5, 0.6) is 0 Å². The predicted molar refractivity (Wildman–Crippen MR) is 352 cm³/mol. The van der Waals surface area contributed by atoms with Crippen LogP contribution in [0.3, 0.4) is 0 Å². The maximum Gasteiger partial charge on any atom is 0.306 e. The summed E-state index contributed by atoms with van der Waals surface area (Å²) in [6, 6.07) is 0. The number of carbonyl (C=O) groups is 3. The lowest BCUT2D eigenvalue weighted by atomic mass is 10.0. The fraction of sp³-hybridized carbons (Fsp3) is 0.640. The fourth-order valence-electron chi connectivity index (χ4n) is 8.95. The summed E-state index contributed by atoms with van der Waals surface area (Å²) in [6.07, 6.45) is 97.1. The van der Waals surface area contributed by atoms with E-state index in [0.29, 0.717) is 19.3 Å². The van der Waals surface area contributed by atoms with E-state index in [9.17, 15) is 14.4 Å². The van der Waals surface area contributed by atoms with Crippen molar-refractivity contribution in [3.8, 4) is 0 Å². The third-order valence-corrected chi connectivity index (χ3v) is 13.8. The molecular formula is C75H122O6. The number of allylic oxidation sites excluding steroid dienone is 24. The minimum absolute atomic E-state index is 0.0961. The molecule has 1 unspecified atom stereocenters. The highest BCUT2D eigenvalue weighted by atomic mass is 16.6. The largest absolute Gasteiger partial charge is 0.462 e. The van der Waals surface area contributed by atoms with Crippen LogP contribution in [0, 0.1) is 0 Å². The van der Waals surface area contributed by atoms with E-state index in [2.05, 4.69) is 167 Å². The second-order valence-electron chi connectivity index (χ2n) is 21.6. The van der Waals surface area contributed by atoms with Crippen LogP contribution in [-0.4, -0.2) is 37.2 Å². The van der Waals surface area contributed by atoms with E-state index in [0.717, 1.165) is 161 Å². The highest BCUT2D eigenvalue weighted by Gasteiger charge is 2.19. The van der Waals surface area contributed by atoms with Gasteiger partial charge in [-0.05, 0) is 135 Å². The summed E-state index contributed by atoms with van der Waals surface area (Å²) < 4.78 is 16.9. The van der Waals surface area contributed by atoms with Gasteiger partial charge in [0.1, 0.15) is 13.2 Å². The Morgan fingerprint density at radius 3 is 0.691 bits per heavy atom. The van der Waals surface area contributed by atoms with Crippen molar-refractivity contribution in [1.82, 2.24) is 0 Å². The van der Waals surface area contributed by atoms with Gasteiger partial charge in [-0.1, -0.05) is 282 Å². The highest BCUT2D eigenvalue weighted by Crippen LogP contribution is 2.16. The van der Waals surface area contributed by atoms with E-state index < -0.39 is 6.10 Å². The third-order valence-electron chi connectivity index (χ3n) is 13.8. The first-order valence-electron chi connectivity index (χ1n) is 33.3. The van der Waals surface area contributed by atoms with E-state index in [1.165, 1.54) is 89.9 Å². The fourth-order valence-corrected chi connectivity index (χ4v) is 8.95. The average molecular weight is 1120 g/mol. The zero-order chi connectivity index (χ0) is 58.5. The van der Waals surface area contributed by atoms with Crippen molar-refractivity contribution < 1.29 is 28.6 Å². The van der Waals surface area contributed by atoms with Crippen molar-refractivity contribution >= 4 is 17.9 Å². The summed E-state index contributed by atoms with van der Waals surface area (Å²) >= 11 is 0. The van der Waals surface area contributed by atoms with Gasteiger partial charge in [0.05, 0.1) is 0 Å². The van der Waals surface area contributed by atoms with Gasteiger partial charge < -0.3 is 14.2 Å².